The fourth-order valence-electron chi connectivity index (χ4n) is 2.89. The van der Waals surface area contributed by atoms with Crippen molar-refractivity contribution in [1.29, 1.82) is 0 Å². The van der Waals surface area contributed by atoms with Crippen LogP contribution in [-0.4, -0.2) is 24.8 Å². The summed E-state index contributed by atoms with van der Waals surface area (Å²) in [6, 6.07) is 8.35. The second kappa shape index (κ2) is 5.72. The zero-order valence-corrected chi connectivity index (χ0v) is 11.3. The van der Waals surface area contributed by atoms with Gasteiger partial charge in [0.2, 0.25) is 0 Å². The highest BCUT2D eigenvalue weighted by Gasteiger charge is 2.36. The Morgan fingerprint density at radius 1 is 1.33 bits per heavy atom. The predicted molar refractivity (Wildman–Crippen MR) is 72.8 cm³/mol. The van der Waals surface area contributed by atoms with Gasteiger partial charge in [-0.1, -0.05) is 25.1 Å². The molecule has 1 aromatic carbocycles. The molecule has 3 heteroatoms. The molecule has 0 aromatic heterocycles. The van der Waals surface area contributed by atoms with E-state index >= 15 is 0 Å². The van der Waals surface area contributed by atoms with Crippen LogP contribution in [0.4, 0.5) is 0 Å². The van der Waals surface area contributed by atoms with Crippen LogP contribution in [0.1, 0.15) is 38.2 Å². The number of rotatable bonds is 4. The molecule has 1 aliphatic carbocycles. The average Bonchev–Trinajstić information content (AvgIpc) is 2.42. The van der Waals surface area contributed by atoms with Crippen molar-refractivity contribution < 1.29 is 9.84 Å². The maximum absolute atomic E-state index is 10.8. The van der Waals surface area contributed by atoms with Gasteiger partial charge < -0.3 is 15.2 Å². The first-order valence-electron chi connectivity index (χ1n) is 6.79. The zero-order valence-electron chi connectivity index (χ0n) is 11.3. The maximum atomic E-state index is 10.8. The fourth-order valence-corrected chi connectivity index (χ4v) is 2.89. The first kappa shape index (κ1) is 13.4. The van der Waals surface area contributed by atoms with E-state index in [0.29, 0.717) is 6.04 Å². The summed E-state index contributed by atoms with van der Waals surface area (Å²) < 4.78 is 5.36. The first-order valence-corrected chi connectivity index (χ1v) is 6.79. The molecular weight excluding hydrogens is 226 g/mol. The lowest BCUT2D eigenvalue weighted by atomic mass is 9.77. The number of para-hydroxylation sites is 1. The van der Waals surface area contributed by atoms with Crippen LogP contribution in [-0.2, 0) is 5.60 Å². The van der Waals surface area contributed by atoms with E-state index in [9.17, 15) is 5.11 Å². The number of methoxy groups -OCH3 is 1. The molecule has 1 saturated carbocycles. The number of aliphatic hydroxyl groups is 1. The number of hydrogen-bond donors (Lipinski definition) is 2. The lowest BCUT2D eigenvalue weighted by molar-refractivity contribution is -0.00997. The highest BCUT2D eigenvalue weighted by molar-refractivity contribution is 5.38. The van der Waals surface area contributed by atoms with Crippen LogP contribution in [0.5, 0.6) is 5.75 Å². The predicted octanol–water partition coefficient (Wildman–Crippen LogP) is 2.43. The summed E-state index contributed by atoms with van der Waals surface area (Å²) in [4.78, 5) is 0. The number of benzene rings is 1. The molecule has 0 aliphatic heterocycles. The molecule has 2 rings (SSSR count). The third-order valence-corrected chi connectivity index (χ3v) is 3.91. The Morgan fingerprint density at radius 3 is 2.61 bits per heavy atom. The Labute approximate surface area is 109 Å². The lowest BCUT2D eigenvalue weighted by Gasteiger charge is -2.37. The van der Waals surface area contributed by atoms with Crippen molar-refractivity contribution in [2.45, 2.75) is 44.2 Å². The van der Waals surface area contributed by atoms with Gasteiger partial charge in [-0.15, -0.1) is 0 Å². The second-order valence-electron chi connectivity index (χ2n) is 5.06. The summed E-state index contributed by atoms with van der Waals surface area (Å²) in [6.07, 6.45) is 3.63. The van der Waals surface area contributed by atoms with E-state index in [-0.39, 0.29) is 0 Å². The summed E-state index contributed by atoms with van der Waals surface area (Å²) >= 11 is 0. The van der Waals surface area contributed by atoms with Gasteiger partial charge in [0.05, 0.1) is 12.7 Å². The number of hydrogen-bond acceptors (Lipinski definition) is 3. The minimum atomic E-state index is -0.724. The Hall–Kier alpha value is -1.06. The highest BCUT2D eigenvalue weighted by Crippen LogP contribution is 2.40. The summed E-state index contributed by atoms with van der Waals surface area (Å²) in [5.74, 6) is 0.793. The van der Waals surface area contributed by atoms with E-state index in [0.717, 1.165) is 43.5 Å². The molecule has 0 heterocycles. The Morgan fingerprint density at radius 2 is 2.00 bits per heavy atom. The van der Waals surface area contributed by atoms with Crippen molar-refractivity contribution in [1.82, 2.24) is 5.32 Å². The number of ether oxygens (including phenoxy) is 1. The van der Waals surface area contributed by atoms with E-state index in [1.54, 1.807) is 7.11 Å². The van der Waals surface area contributed by atoms with Gasteiger partial charge in [0.1, 0.15) is 5.75 Å². The van der Waals surface area contributed by atoms with Crippen molar-refractivity contribution >= 4 is 0 Å². The van der Waals surface area contributed by atoms with Crippen LogP contribution in [0.15, 0.2) is 24.3 Å². The van der Waals surface area contributed by atoms with Crippen LogP contribution >= 0.6 is 0 Å². The molecule has 3 nitrogen and oxygen atoms in total. The van der Waals surface area contributed by atoms with Crippen LogP contribution in [0.25, 0.3) is 0 Å². The van der Waals surface area contributed by atoms with Gasteiger partial charge in [-0.25, -0.2) is 0 Å². The van der Waals surface area contributed by atoms with E-state index in [2.05, 4.69) is 12.2 Å². The second-order valence-corrected chi connectivity index (χ2v) is 5.06. The van der Waals surface area contributed by atoms with Crippen LogP contribution in [0.3, 0.4) is 0 Å². The van der Waals surface area contributed by atoms with Gasteiger partial charge in [-0.05, 0) is 38.3 Å². The zero-order chi connectivity index (χ0) is 13.0. The largest absolute Gasteiger partial charge is 0.496 e. The SMILES string of the molecule is CCNC1CCC(O)(c2ccccc2OC)CC1. The monoisotopic (exact) mass is 249 g/mol. The molecular formula is C15H23NO2. The van der Waals surface area contributed by atoms with Crippen LogP contribution < -0.4 is 10.1 Å². The standard InChI is InChI=1S/C15H23NO2/c1-3-16-12-8-10-15(17,11-9-12)13-6-4-5-7-14(13)18-2/h4-7,12,16-17H,3,8-11H2,1-2H3. The van der Waals surface area contributed by atoms with Gasteiger partial charge in [0.25, 0.3) is 0 Å². The molecule has 0 atom stereocenters. The van der Waals surface area contributed by atoms with E-state index in [1.165, 1.54) is 0 Å². The highest BCUT2D eigenvalue weighted by atomic mass is 16.5. The molecule has 0 bridgehead atoms. The van der Waals surface area contributed by atoms with Gasteiger partial charge >= 0.3 is 0 Å². The molecule has 0 unspecified atom stereocenters. The summed E-state index contributed by atoms with van der Waals surface area (Å²) in [5, 5.41) is 14.3. The average molecular weight is 249 g/mol. The van der Waals surface area contributed by atoms with Crippen molar-refractivity contribution in [3.05, 3.63) is 29.8 Å². The fraction of sp³-hybridized carbons (Fsp3) is 0.600. The molecule has 1 aliphatic rings. The molecule has 0 spiro atoms. The van der Waals surface area contributed by atoms with Gasteiger partial charge in [-0.3, -0.25) is 0 Å². The number of nitrogens with one attached hydrogen (secondary N) is 1. The summed E-state index contributed by atoms with van der Waals surface area (Å²) in [6.45, 7) is 3.12. The van der Waals surface area contributed by atoms with Crippen molar-refractivity contribution in [3.63, 3.8) is 0 Å². The molecule has 1 fully saturated rings. The molecule has 0 amide bonds. The molecule has 1 aromatic rings. The van der Waals surface area contributed by atoms with E-state index < -0.39 is 5.60 Å². The molecule has 18 heavy (non-hydrogen) atoms. The minimum Gasteiger partial charge on any atom is -0.496 e. The minimum absolute atomic E-state index is 0.546. The summed E-state index contributed by atoms with van der Waals surface area (Å²) in [7, 11) is 1.66. The third-order valence-electron chi connectivity index (χ3n) is 3.91. The lowest BCUT2D eigenvalue weighted by Crippen LogP contribution is -2.39. The van der Waals surface area contributed by atoms with E-state index in [4.69, 9.17) is 4.74 Å². The van der Waals surface area contributed by atoms with Gasteiger partial charge in [-0.2, -0.15) is 0 Å². The van der Waals surface area contributed by atoms with Crippen LogP contribution in [0.2, 0.25) is 0 Å². The molecule has 100 valence electrons. The van der Waals surface area contributed by atoms with Gasteiger partial charge in [0, 0.05) is 11.6 Å². The van der Waals surface area contributed by atoms with E-state index in [1.807, 2.05) is 24.3 Å². The molecule has 0 saturated heterocycles. The van der Waals surface area contributed by atoms with Crippen molar-refractivity contribution in [2.75, 3.05) is 13.7 Å². The topological polar surface area (TPSA) is 41.5 Å². The normalized spacial score (nSPS) is 28.1. The first-order chi connectivity index (χ1) is 8.69. The Bertz CT molecular complexity index is 384. The Kier molecular flexibility index (Phi) is 4.25. The van der Waals surface area contributed by atoms with Crippen LogP contribution in [0, 0.1) is 0 Å². The summed E-state index contributed by atoms with van der Waals surface area (Å²) in [5.41, 5.74) is 0.209. The quantitative estimate of drug-likeness (QED) is 0.861. The van der Waals surface area contributed by atoms with Gasteiger partial charge in [0.15, 0.2) is 0 Å². The molecule has 2 N–H and O–H groups in total. The maximum Gasteiger partial charge on any atom is 0.124 e. The smallest absolute Gasteiger partial charge is 0.124 e. The third kappa shape index (κ3) is 2.68. The Balaban J connectivity index is 2.13. The van der Waals surface area contributed by atoms with Crippen molar-refractivity contribution in [3.8, 4) is 5.75 Å². The van der Waals surface area contributed by atoms with Crippen molar-refractivity contribution in [2.24, 2.45) is 0 Å². The molecule has 0 radical (unpaired) electrons.